The number of aromatic nitrogens is 3. The van der Waals surface area contributed by atoms with Crippen LogP contribution in [0.2, 0.25) is 0 Å². The van der Waals surface area contributed by atoms with Crippen LogP contribution in [0.5, 0.6) is 0 Å². The van der Waals surface area contributed by atoms with Crippen molar-refractivity contribution in [3.05, 3.63) is 47.3 Å². The van der Waals surface area contributed by atoms with Crippen LogP contribution in [-0.2, 0) is 0 Å². The number of pyridine rings is 1. The van der Waals surface area contributed by atoms with Crippen LogP contribution in [0.1, 0.15) is 6.42 Å². The Hall–Kier alpha value is -2.25. The molecule has 4 N–H and O–H groups in total. The van der Waals surface area contributed by atoms with Crippen molar-refractivity contribution in [3.8, 4) is 0 Å². The van der Waals surface area contributed by atoms with E-state index in [0.29, 0.717) is 6.54 Å². The summed E-state index contributed by atoms with van der Waals surface area (Å²) in [6, 6.07) is 9.88. The second-order valence-corrected chi connectivity index (χ2v) is 5.93. The smallest absolute Gasteiger partial charge is 0.141 e. The summed E-state index contributed by atoms with van der Waals surface area (Å²) < 4.78 is 1.01. The van der Waals surface area contributed by atoms with Crippen LogP contribution in [0.25, 0.3) is 10.9 Å². The van der Waals surface area contributed by atoms with Gasteiger partial charge in [0, 0.05) is 22.1 Å². The van der Waals surface area contributed by atoms with Gasteiger partial charge in [0.1, 0.15) is 18.0 Å². The van der Waals surface area contributed by atoms with Crippen LogP contribution in [0.4, 0.5) is 17.3 Å². The number of hydrogen-bond donors (Lipinski definition) is 3. The molecular weight excluding hydrogens is 356 g/mol. The summed E-state index contributed by atoms with van der Waals surface area (Å²) in [4.78, 5) is 13.0. The summed E-state index contributed by atoms with van der Waals surface area (Å²) in [5, 5.41) is 7.50. The van der Waals surface area contributed by atoms with E-state index in [9.17, 15) is 0 Å². The lowest BCUT2D eigenvalue weighted by molar-refractivity contribution is 0.870. The maximum atomic E-state index is 5.51. The molecule has 0 saturated heterocycles. The van der Waals surface area contributed by atoms with E-state index in [1.54, 1.807) is 6.20 Å². The first-order valence-corrected chi connectivity index (χ1v) is 8.13. The minimum atomic E-state index is 0.652. The number of benzene rings is 1. The summed E-state index contributed by atoms with van der Waals surface area (Å²) in [5.74, 6) is 1.54. The molecular formula is C16H17BrN6. The molecule has 3 rings (SSSR count). The number of nitrogens with two attached hydrogens (primary N) is 1. The van der Waals surface area contributed by atoms with Gasteiger partial charge >= 0.3 is 0 Å². The van der Waals surface area contributed by atoms with Crippen molar-refractivity contribution in [2.45, 2.75) is 6.42 Å². The van der Waals surface area contributed by atoms with Crippen LogP contribution >= 0.6 is 15.9 Å². The molecule has 7 heteroatoms. The maximum absolute atomic E-state index is 5.51. The molecule has 6 nitrogen and oxygen atoms in total. The van der Waals surface area contributed by atoms with E-state index in [1.807, 2.05) is 30.3 Å². The Kier molecular flexibility index (Phi) is 4.99. The molecule has 0 spiro atoms. The SMILES string of the molecule is NCCCNc1cc2c(Nc3cccc(Br)c3)ncnc2cn1. The summed E-state index contributed by atoms with van der Waals surface area (Å²) in [7, 11) is 0. The third-order valence-corrected chi connectivity index (χ3v) is 3.79. The van der Waals surface area contributed by atoms with Crippen molar-refractivity contribution >= 4 is 44.2 Å². The molecule has 0 aliphatic carbocycles. The van der Waals surface area contributed by atoms with Crippen LogP contribution < -0.4 is 16.4 Å². The molecule has 0 fully saturated rings. The highest BCUT2D eigenvalue weighted by Crippen LogP contribution is 2.25. The molecule has 0 unspecified atom stereocenters. The number of nitrogens with one attached hydrogen (secondary N) is 2. The highest BCUT2D eigenvalue weighted by atomic mass is 79.9. The average Bonchev–Trinajstić information content (AvgIpc) is 2.56. The monoisotopic (exact) mass is 372 g/mol. The van der Waals surface area contributed by atoms with Gasteiger partial charge in [-0.15, -0.1) is 0 Å². The van der Waals surface area contributed by atoms with Crippen LogP contribution in [-0.4, -0.2) is 28.0 Å². The van der Waals surface area contributed by atoms with Crippen molar-refractivity contribution in [2.24, 2.45) is 5.73 Å². The minimum absolute atomic E-state index is 0.652. The number of hydrogen-bond acceptors (Lipinski definition) is 6. The van der Waals surface area contributed by atoms with E-state index in [4.69, 9.17) is 5.73 Å². The Balaban J connectivity index is 1.91. The molecule has 0 saturated carbocycles. The molecule has 0 amide bonds. The second-order valence-electron chi connectivity index (χ2n) is 5.01. The molecule has 3 aromatic rings. The van der Waals surface area contributed by atoms with Gasteiger partial charge in [0.15, 0.2) is 0 Å². The van der Waals surface area contributed by atoms with Gasteiger partial charge in [-0.25, -0.2) is 15.0 Å². The standard InChI is InChI=1S/C16H17BrN6/c17-11-3-1-4-12(7-11)23-16-13-8-15(19-6-2-5-18)20-9-14(13)21-10-22-16/h1,3-4,7-10H,2,5-6,18H2,(H,19,20)(H,21,22,23). The zero-order chi connectivity index (χ0) is 16.1. The van der Waals surface area contributed by atoms with E-state index >= 15 is 0 Å². The van der Waals surface area contributed by atoms with E-state index in [2.05, 4.69) is 41.5 Å². The van der Waals surface area contributed by atoms with E-state index in [0.717, 1.165) is 45.7 Å². The fourth-order valence-electron chi connectivity index (χ4n) is 2.18. The zero-order valence-electron chi connectivity index (χ0n) is 12.5. The van der Waals surface area contributed by atoms with Gasteiger partial charge in [0.05, 0.1) is 11.7 Å². The first kappa shape index (κ1) is 15.6. The third-order valence-electron chi connectivity index (χ3n) is 3.30. The van der Waals surface area contributed by atoms with Gasteiger partial charge in [-0.3, -0.25) is 0 Å². The lowest BCUT2D eigenvalue weighted by atomic mass is 10.2. The van der Waals surface area contributed by atoms with Crippen molar-refractivity contribution in [2.75, 3.05) is 23.7 Å². The van der Waals surface area contributed by atoms with Gasteiger partial charge in [-0.05, 0) is 37.2 Å². The van der Waals surface area contributed by atoms with Gasteiger partial charge in [0.25, 0.3) is 0 Å². The van der Waals surface area contributed by atoms with E-state index < -0.39 is 0 Å². The predicted molar refractivity (Wildman–Crippen MR) is 96.9 cm³/mol. The van der Waals surface area contributed by atoms with Gasteiger partial charge in [-0.1, -0.05) is 22.0 Å². The highest BCUT2D eigenvalue weighted by molar-refractivity contribution is 9.10. The fraction of sp³-hybridized carbons (Fsp3) is 0.188. The summed E-state index contributed by atoms with van der Waals surface area (Å²) in [6.07, 6.45) is 4.17. The first-order chi connectivity index (χ1) is 11.3. The zero-order valence-corrected chi connectivity index (χ0v) is 14.0. The maximum Gasteiger partial charge on any atom is 0.141 e. The Morgan fingerprint density at radius 3 is 2.87 bits per heavy atom. The Labute approximate surface area is 142 Å². The third kappa shape index (κ3) is 3.94. The Morgan fingerprint density at radius 2 is 2.04 bits per heavy atom. The molecule has 23 heavy (non-hydrogen) atoms. The average molecular weight is 373 g/mol. The molecule has 0 radical (unpaired) electrons. The Morgan fingerprint density at radius 1 is 1.13 bits per heavy atom. The summed E-state index contributed by atoms with van der Waals surface area (Å²) in [6.45, 7) is 1.44. The predicted octanol–water partition coefficient (Wildman–Crippen LogP) is 3.29. The van der Waals surface area contributed by atoms with Crippen molar-refractivity contribution < 1.29 is 0 Å². The number of rotatable bonds is 6. The normalized spacial score (nSPS) is 10.7. The molecule has 0 aliphatic heterocycles. The van der Waals surface area contributed by atoms with Crippen LogP contribution in [0.15, 0.2) is 47.3 Å². The van der Waals surface area contributed by atoms with Crippen molar-refractivity contribution in [3.63, 3.8) is 0 Å². The van der Waals surface area contributed by atoms with Crippen LogP contribution in [0, 0.1) is 0 Å². The topological polar surface area (TPSA) is 88.8 Å². The molecule has 2 aromatic heterocycles. The van der Waals surface area contributed by atoms with E-state index in [1.165, 1.54) is 6.33 Å². The van der Waals surface area contributed by atoms with Gasteiger partial charge in [0.2, 0.25) is 0 Å². The summed E-state index contributed by atoms with van der Waals surface area (Å²) in [5.41, 5.74) is 7.26. The Bertz CT molecular complexity index is 807. The molecule has 0 bridgehead atoms. The fourth-order valence-corrected chi connectivity index (χ4v) is 2.58. The van der Waals surface area contributed by atoms with Crippen LogP contribution in [0.3, 0.4) is 0 Å². The van der Waals surface area contributed by atoms with Crippen molar-refractivity contribution in [1.29, 1.82) is 0 Å². The van der Waals surface area contributed by atoms with E-state index in [-0.39, 0.29) is 0 Å². The van der Waals surface area contributed by atoms with Crippen molar-refractivity contribution in [1.82, 2.24) is 15.0 Å². The second kappa shape index (κ2) is 7.34. The molecule has 0 atom stereocenters. The number of halogens is 1. The summed E-state index contributed by atoms with van der Waals surface area (Å²) >= 11 is 3.47. The lowest BCUT2D eigenvalue weighted by Crippen LogP contribution is -2.09. The van der Waals surface area contributed by atoms with Gasteiger partial charge in [-0.2, -0.15) is 0 Å². The number of nitrogens with zero attached hydrogens (tertiary/aromatic N) is 3. The molecule has 2 heterocycles. The molecule has 0 aliphatic rings. The molecule has 1 aromatic carbocycles. The minimum Gasteiger partial charge on any atom is -0.370 e. The number of fused-ring (bicyclic) bond motifs is 1. The molecule has 118 valence electrons. The highest BCUT2D eigenvalue weighted by Gasteiger charge is 2.06. The largest absolute Gasteiger partial charge is 0.370 e. The van der Waals surface area contributed by atoms with Gasteiger partial charge < -0.3 is 16.4 Å². The quantitative estimate of drug-likeness (QED) is 0.575. The first-order valence-electron chi connectivity index (χ1n) is 7.33. The lowest BCUT2D eigenvalue weighted by Gasteiger charge is -2.10. The number of anilines is 3.